The van der Waals surface area contributed by atoms with Crippen LogP contribution in [0.3, 0.4) is 0 Å². The zero-order chi connectivity index (χ0) is 14.0. The molecule has 0 radical (unpaired) electrons. The molecule has 0 unspecified atom stereocenters. The van der Waals surface area contributed by atoms with Gasteiger partial charge in [0.1, 0.15) is 5.75 Å². The van der Waals surface area contributed by atoms with Crippen LogP contribution in [0.2, 0.25) is 0 Å². The van der Waals surface area contributed by atoms with Crippen molar-refractivity contribution in [3.8, 4) is 10.9 Å². The second-order valence-corrected chi connectivity index (χ2v) is 5.66. The van der Waals surface area contributed by atoms with E-state index in [1.165, 1.54) is 18.5 Å². The third-order valence-electron chi connectivity index (χ3n) is 2.24. The third kappa shape index (κ3) is 3.25. The Labute approximate surface area is 114 Å². The maximum atomic E-state index is 10.8. The van der Waals surface area contributed by atoms with Crippen LogP contribution < -0.4 is 4.74 Å². The molecule has 1 N–H and O–H groups in total. The van der Waals surface area contributed by atoms with Crippen molar-refractivity contribution in [2.24, 2.45) is 0 Å². The number of nitrogens with zero attached hydrogens (tertiary/aromatic N) is 3. The fourth-order valence-electron chi connectivity index (χ4n) is 1.25. The van der Waals surface area contributed by atoms with Gasteiger partial charge in [-0.3, -0.25) is 4.98 Å². The van der Waals surface area contributed by atoms with Crippen LogP contribution >= 0.6 is 11.5 Å². The first-order chi connectivity index (χ1) is 8.86. The Morgan fingerprint density at radius 1 is 1.37 bits per heavy atom. The van der Waals surface area contributed by atoms with Gasteiger partial charge in [0.05, 0.1) is 11.8 Å². The van der Waals surface area contributed by atoms with Crippen molar-refractivity contribution in [1.29, 1.82) is 0 Å². The second-order valence-electron chi connectivity index (χ2n) is 4.95. The molecule has 0 aliphatic rings. The Morgan fingerprint density at radius 2 is 2.11 bits per heavy atom. The molecular formula is C12H13N3O3S. The van der Waals surface area contributed by atoms with Gasteiger partial charge in [0, 0.05) is 23.1 Å². The average molecular weight is 279 g/mol. The summed E-state index contributed by atoms with van der Waals surface area (Å²) in [6.45, 7) is 6.02. The van der Waals surface area contributed by atoms with Gasteiger partial charge in [-0.15, -0.1) is 0 Å². The molecule has 0 spiro atoms. The molecule has 0 amide bonds. The lowest BCUT2D eigenvalue weighted by Crippen LogP contribution is -2.12. The SMILES string of the molecule is CC(C)(C)c1nsc(Oc2cncc(C(=O)O)c2)n1. The van der Waals surface area contributed by atoms with Gasteiger partial charge < -0.3 is 9.84 Å². The highest BCUT2D eigenvalue weighted by Gasteiger charge is 2.20. The van der Waals surface area contributed by atoms with E-state index in [1.54, 1.807) is 0 Å². The summed E-state index contributed by atoms with van der Waals surface area (Å²) in [5.41, 5.74) is -0.0859. The first kappa shape index (κ1) is 13.4. The van der Waals surface area contributed by atoms with Crippen molar-refractivity contribution in [2.45, 2.75) is 26.2 Å². The van der Waals surface area contributed by atoms with E-state index < -0.39 is 5.97 Å². The van der Waals surface area contributed by atoms with Crippen LogP contribution in [0.5, 0.6) is 10.9 Å². The predicted octanol–water partition coefficient (Wildman–Crippen LogP) is 2.72. The zero-order valence-corrected chi connectivity index (χ0v) is 11.6. The lowest BCUT2D eigenvalue weighted by Gasteiger charge is -2.11. The minimum Gasteiger partial charge on any atom is -0.478 e. The van der Waals surface area contributed by atoms with Crippen LogP contribution in [0.25, 0.3) is 0 Å². The number of rotatable bonds is 3. The molecule has 0 aliphatic heterocycles. The number of hydrogen-bond donors (Lipinski definition) is 1. The molecule has 6 nitrogen and oxygen atoms in total. The van der Waals surface area contributed by atoms with Crippen molar-refractivity contribution in [3.05, 3.63) is 29.8 Å². The van der Waals surface area contributed by atoms with E-state index in [-0.39, 0.29) is 11.0 Å². The van der Waals surface area contributed by atoms with Crippen molar-refractivity contribution in [3.63, 3.8) is 0 Å². The summed E-state index contributed by atoms with van der Waals surface area (Å²) < 4.78 is 9.67. The van der Waals surface area contributed by atoms with E-state index in [4.69, 9.17) is 9.84 Å². The summed E-state index contributed by atoms with van der Waals surface area (Å²) in [5.74, 6) is -0.0306. The minimum absolute atomic E-state index is 0.0676. The number of aromatic nitrogens is 3. The Bertz CT molecular complexity index is 604. The van der Waals surface area contributed by atoms with Crippen molar-refractivity contribution in [2.75, 3.05) is 0 Å². The molecule has 0 bridgehead atoms. The Hall–Kier alpha value is -2.02. The molecule has 0 aromatic carbocycles. The van der Waals surface area contributed by atoms with Crippen LogP contribution in [-0.2, 0) is 5.41 Å². The van der Waals surface area contributed by atoms with Gasteiger partial charge in [0.15, 0.2) is 5.82 Å². The van der Waals surface area contributed by atoms with Crippen molar-refractivity contribution >= 4 is 17.5 Å². The van der Waals surface area contributed by atoms with Gasteiger partial charge in [0.2, 0.25) is 0 Å². The summed E-state index contributed by atoms with van der Waals surface area (Å²) in [4.78, 5) is 18.9. The number of carboxylic acid groups (broad SMARTS) is 1. The maximum absolute atomic E-state index is 10.8. The largest absolute Gasteiger partial charge is 0.478 e. The molecule has 100 valence electrons. The van der Waals surface area contributed by atoms with E-state index in [1.807, 2.05) is 20.8 Å². The molecule has 19 heavy (non-hydrogen) atoms. The quantitative estimate of drug-likeness (QED) is 0.929. The summed E-state index contributed by atoms with van der Waals surface area (Å²) >= 11 is 1.13. The fraction of sp³-hybridized carbons (Fsp3) is 0.333. The number of aromatic carboxylic acids is 1. The molecule has 7 heteroatoms. The molecule has 0 fully saturated rings. The van der Waals surface area contributed by atoms with Gasteiger partial charge in [-0.1, -0.05) is 20.8 Å². The average Bonchev–Trinajstić information content (AvgIpc) is 2.77. The van der Waals surface area contributed by atoms with E-state index >= 15 is 0 Å². The first-order valence-corrected chi connectivity index (χ1v) is 6.34. The van der Waals surface area contributed by atoms with Gasteiger partial charge in [-0.05, 0) is 6.07 Å². The maximum Gasteiger partial charge on any atom is 0.337 e. The summed E-state index contributed by atoms with van der Waals surface area (Å²) in [6, 6.07) is 1.40. The van der Waals surface area contributed by atoms with Crippen LogP contribution in [0, 0.1) is 0 Å². The third-order valence-corrected chi connectivity index (χ3v) is 2.84. The standard InChI is InChI=1S/C12H13N3O3S/c1-12(2,3)10-14-11(19-15-10)18-8-4-7(9(16)17)5-13-6-8/h4-6H,1-3H3,(H,16,17). The molecule has 2 aromatic rings. The number of hydrogen-bond acceptors (Lipinski definition) is 6. The molecule has 2 aromatic heterocycles. The zero-order valence-electron chi connectivity index (χ0n) is 10.7. The summed E-state index contributed by atoms with van der Waals surface area (Å²) in [7, 11) is 0. The predicted molar refractivity (Wildman–Crippen MR) is 69.9 cm³/mol. The van der Waals surface area contributed by atoms with Crippen LogP contribution in [-0.4, -0.2) is 25.4 Å². The van der Waals surface area contributed by atoms with Gasteiger partial charge >= 0.3 is 5.97 Å². The second kappa shape index (κ2) is 4.93. The van der Waals surface area contributed by atoms with E-state index in [2.05, 4.69) is 14.3 Å². The Balaban J connectivity index is 2.19. The minimum atomic E-state index is -1.05. The highest BCUT2D eigenvalue weighted by atomic mass is 32.1. The molecule has 0 saturated heterocycles. The highest BCUT2D eigenvalue weighted by molar-refractivity contribution is 7.07. The lowest BCUT2D eigenvalue weighted by molar-refractivity contribution is 0.0696. The Kier molecular flexibility index (Phi) is 3.48. The molecule has 0 saturated carbocycles. The topological polar surface area (TPSA) is 85.2 Å². The Morgan fingerprint density at radius 3 is 2.68 bits per heavy atom. The smallest absolute Gasteiger partial charge is 0.337 e. The number of pyridine rings is 1. The highest BCUT2D eigenvalue weighted by Crippen LogP contribution is 2.27. The van der Waals surface area contributed by atoms with E-state index in [0.717, 1.165) is 11.5 Å². The van der Waals surface area contributed by atoms with Crippen molar-refractivity contribution in [1.82, 2.24) is 14.3 Å². The molecular weight excluding hydrogens is 266 g/mol. The van der Waals surface area contributed by atoms with Crippen LogP contribution in [0.1, 0.15) is 37.0 Å². The molecule has 2 rings (SSSR count). The normalized spacial score (nSPS) is 11.3. The fourth-order valence-corrected chi connectivity index (χ4v) is 1.99. The number of ether oxygens (including phenoxy) is 1. The first-order valence-electron chi connectivity index (χ1n) is 5.56. The number of carboxylic acids is 1. The monoisotopic (exact) mass is 279 g/mol. The molecule has 0 aliphatic carbocycles. The molecule has 2 heterocycles. The summed E-state index contributed by atoms with van der Waals surface area (Å²) in [5, 5.41) is 9.23. The van der Waals surface area contributed by atoms with E-state index in [0.29, 0.717) is 16.8 Å². The van der Waals surface area contributed by atoms with Crippen molar-refractivity contribution < 1.29 is 14.6 Å². The van der Waals surface area contributed by atoms with Crippen LogP contribution in [0.4, 0.5) is 0 Å². The lowest BCUT2D eigenvalue weighted by atomic mass is 9.96. The van der Waals surface area contributed by atoms with Gasteiger partial charge in [-0.25, -0.2) is 4.79 Å². The van der Waals surface area contributed by atoms with E-state index in [9.17, 15) is 4.79 Å². The van der Waals surface area contributed by atoms with Gasteiger partial charge in [-0.2, -0.15) is 9.36 Å². The van der Waals surface area contributed by atoms with Crippen LogP contribution in [0.15, 0.2) is 18.5 Å². The van der Waals surface area contributed by atoms with Gasteiger partial charge in [0.25, 0.3) is 5.19 Å². The number of carbonyl (C=O) groups is 1. The summed E-state index contributed by atoms with van der Waals surface area (Å²) in [6.07, 6.45) is 2.69. The molecule has 0 atom stereocenters.